The normalized spacial score (nSPS) is 18.3. The second-order valence-corrected chi connectivity index (χ2v) is 4.44. The summed E-state index contributed by atoms with van der Waals surface area (Å²) in [5, 5.41) is 12.5. The number of hydrogen-bond acceptors (Lipinski definition) is 5. The highest BCUT2D eigenvalue weighted by Crippen LogP contribution is 2.21. The van der Waals surface area contributed by atoms with Crippen LogP contribution in [0.1, 0.15) is 23.2 Å². The molecule has 1 fully saturated rings. The predicted octanol–water partition coefficient (Wildman–Crippen LogP) is 0.0249. The lowest BCUT2D eigenvalue weighted by molar-refractivity contribution is 0.0388. The van der Waals surface area contributed by atoms with E-state index in [2.05, 4.69) is 10.3 Å². The summed E-state index contributed by atoms with van der Waals surface area (Å²) in [6, 6.07) is 1.48. The molecule has 6 heteroatoms. The molecule has 98 valence electrons. The van der Waals surface area contributed by atoms with E-state index in [4.69, 9.17) is 10.5 Å². The molecular formula is C12H17N3O3. The number of nitrogens with two attached hydrogens (primary N) is 1. The molecule has 0 aliphatic carbocycles. The van der Waals surface area contributed by atoms with Gasteiger partial charge in [0.15, 0.2) is 0 Å². The minimum atomic E-state index is -0.439. The molecule has 2 rings (SSSR count). The molecule has 0 radical (unpaired) electrons. The van der Waals surface area contributed by atoms with Gasteiger partial charge in [-0.2, -0.15) is 0 Å². The smallest absolute Gasteiger partial charge is 0.255 e. The molecule has 2 heterocycles. The van der Waals surface area contributed by atoms with Crippen molar-refractivity contribution in [2.75, 3.05) is 19.8 Å². The van der Waals surface area contributed by atoms with Crippen molar-refractivity contribution >= 4 is 5.91 Å². The van der Waals surface area contributed by atoms with Gasteiger partial charge >= 0.3 is 0 Å². The molecule has 1 aliphatic rings. The van der Waals surface area contributed by atoms with Crippen LogP contribution in [0.25, 0.3) is 0 Å². The molecule has 0 bridgehead atoms. The van der Waals surface area contributed by atoms with Crippen molar-refractivity contribution in [3.8, 4) is 5.75 Å². The summed E-state index contributed by atoms with van der Waals surface area (Å²) >= 11 is 0. The monoisotopic (exact) mass is 251 g/mol. The van der Waals surface area contributed by atoms with E-state index in [-0.39, 0.29) is 17.2 Å². The number of nitrogens with zero attached hydrogens (tertiary/aromatic N) is 1. The molecule has 1 amide bonds. The van der Waals surface area contributed by atoms with Crippen LogP contribution in [0.5, 0.6) is 5.75 Å². The van der Waals surface area contributed by atoms with Crippen LogP contribution in [0.3, 0.4) is 0 Å². The highest BCUT2D eigenvalue weighted by Gasteiger charge is 2.33. The lowest BCUT2D eigenvalue weighted by Crippen LogP contribution is -2.56. The van der Waals surface area contributed by atoms with Gasteiger partial charge in [0.1, 0.15) is 5.75 Å². The first-order valence-electron chi connectivity index (χ1n) is 5.90. The number of rotatable bonds is 3. The molecule has 1 aromatic rings. The number of pyridine rings is 1. The summed E-state index contributed by atoms with van der Waals surface area (Å²) in [6.45, 7) is 1.52. The topological polar surface area (TPSA) is 97.5 Å². The van der Waals surface area contributed by atoms with E-state index in [0.29, 0.717) is 32.6 Å². The van der Waals surface area contributed by atoms with Gasteiger partial charge in [0.2, 0.25) is 0 Å². The van der Waals surface area contributed by atoms with Crippen LogP contribution in [-0.2, 0) is 4.74 Å². The molecule has 0 saturated carbocycles. The highest BCUT2D eigenvalue weighted by molar-refractivity contribution is 5.97. The van der Waals surface area contributed by atoms with E-state index in [1.54, 1.807) is 0 Å². The maximum atomic E-state index is 12.1. The number of amides is 1. The van der Waals surface area contributed by atoms with Gasteiger partial charge in [0, 0.05) is 26.0 Å². The maximum Gasteiger partial charge on any atom is 0.255 e. The average molecular weight is 251 g/mol. The van der Waals surface area contributed by atoms with E-state index < -0.39 is 5.54 Å². The number of carbonyl (C=O) groups is 1. The molecule has 18 heavy (non-hydrogen) atoms. The second-order valence-electron chi connectivity index (χ2n) is 4.44. The third-order valence-electron chi connectivity index (χ3n) is 3.26. The second kappa shape index (κ2) is 5.32. The van der Waals surface area contributed by atoms with E-state index in [0.717, 1.165) is 0 Å². The van der Waals surface area contributed by atoms with Crippen LogP contribution in [0.2, 0.25) is 0 Å². The number of aromatic hydroxyl groups is 1. The standard InChI is InChI=1S/C12H17N3O3/c13-8-12(2-5-18-6-3-12)15-11(17)9-1-4-14-7-10(9)16/h1,4,7,16H,2-3,5-6,8,13H2,(H,15,17). The summed E-state index contributed by atoms with van der Waals surface area (Å²) < 4.78 is 5.27. The van der Waals surface area contributed by atoms with Crippen LogP contribution < -0.4 is 11.1 Å². The Hall–Kier alpha value is -1.66. The Morgan fingerprint density at radius 2 is 2.28 bits per heavy atom. The molecule has 0 unspecified atom stereocenters. The number of aromatic nitrogens is 1. The van der Waals surface area contributed by atoms with Gasteiger partial charge in [-0.3, -0.25) is 9.78 Å². The first kappa shape index (κ1) is 12.8. The van der Waals surface area contributed by atoms with Crippen LogP contribution in [-0.4, -0.2) is 41.3 Å². The summed E-state index contributed by atoms with van der Waals surface area (Å²) in [5.41, 5.74) is 5.53. The fraction of sp³-hybridized carbons (Fsp3) is 0.500. The zero-order chi connectivity index (χ0) is 13.0. The maximum absolute atomic E-state index is 12.1. The van der Waals surface area contributed by atoms with Gasteiger partial charge < -0.3 is 20.9 Å². The van der Waals surface area contributed by atoms with Crippen molar-refractivity contribution in [3.63, 3.8) is 0 Å². The number of nitrogens with one attached hydrogen (secondary N) is 1. The van der Waals surface area contributed by atoms with Gasteiger partial charge in [0.05, 0.1) is 17.3 Å². The lowest BCUT2D eigenvalue weighted by Gasteiger charge is -2.36. The van der Waals surface area contributed by atoms with Crippen molar-refractivity contribution in [3.05, 3.63) is 24.0 Å². The molecule has 0 spiro atoms. The van der Waals surface area contributed by atoms with Gasteiger partial charge in [-0.15, -0.1) is 0 Å². The lowest BCUT2D eigenvalue weighted by atomic mass is 9.89. The van der Waals surface area contributed by atoms with Crippen LogP contribution >= 0.6 is 0 Å². The van der Waals surface area contributed by atoms with Gasteiger partial charge in [-0.25, -0.2) is 0 Å². The molecular weight excluding hydrogens is 234 g/mol. The Kier molecular flexibility index (Phi) is 3.78. The molecule has 1 saturated heterocycles. The largest absolute Gasteiger partial charge is 0.505 e. The van der Waals surface area contributed by atoms with Crippen molar-refractivity contribution in [2.24, 2.45) is 5.73 Å². The minimum Gasteiger partial charge on any atom is -0.505 e. The third-order valence-corrected chi connectivity index (χ3v) is 3.26. The molecule has 4 N–H and O–H groups in total. The zero-order valence-electron chi connectivity index (χ0n) is 10.1. The van der Waals surface area contributed by atoms with E-state index in [1.165, 1.54) is 18.5 Å². The van der Waals surface area contributed by atoms with Crippen LogP contribution in [0.15, 0.2) is 18.5 Å². The quantitative estimate of drug-likeness (QED) is 0.704. The first-order valence-corrected chi connectivity index (χ1v) is 5.90. The summed E-state index contributed by atoms with van der Waals surface area (Å²) in [4.78, 5) is 15.8. The molecule has 1 aliphatic heterocycles. The Labute approximate surface area is 105 Å². The number of carbonyl (C=O) groups excluding carboxylic acids is 1. The highest BCUT2D eigenvalue weighted by atomic mass is 16.5. The summed E-state index contributed by atoms with van der Waals surface area (Å²) in [6.07, 6.45) is 4.07. The number of hydrogen-bond donors (Lipinski definition) is 3. The fourth-order valence-corrected chi connectivity index (χ4v) is 2.03. The Morgan fingerprint density at radius 3 is 2.89 bits per heavy atom. The summed E-state index contributed by atoms with van der Waals surface area (Å²) in [7, 11) is 0. The van der Waals surface area contributed by atoms with Gasteiger partial charge in [-0.05, 0) is 18.9 Å². The third kappa shape index (κ3) is 2.60. The zero-order valence-corrected chi connectivity index (χ0v) is 10.1. The van der Waals surface area contributed by atoms with Crippen molar-refractivity contribution in [1.82, 2.24) is 10.3 Å². The minimum absolute atomic E-state index is 0.130. The average Bonchev–Trinajstić information content (AvgIpc) is 2.40. The van der Waals surface area contributed by atoms with Crippen LogP contribution in [0.4, 0.5) is 0 Å². The van der Waals surface area contributed by atoms with E-state index >= 15 is 0 Å². The van der Waals surface area contributed by atoms with Crippen molar-refractivity contribution < 1.29 is 14.6 Å². The first-order chi connectivity index (χ1) is 8.67. The molecule has 0 atom stereocenters. The Morgan fingerprint density at radius 1 is 1.56 bits per heavy atom. The SMILES string of the molecule is NCC1(NC(=O)c2ccncc2O)CCOCC1. The Balaban J connectivity index is 2.13. The molecule has 1 aromatic heterocycles. The van der Waals surface area contributed by atoms with Gasteiger partial charge in [0.25, 0.3) is 5.91 Å². The van der Waals surface area contributed by atoms with Gasteiger partial charge in [-0.1, -0.05) is 0 Å². The Bertz CT molecular complexity index is 430. The fourth-order valence-electron chi connectivity index (χ4n) is 2.03. The van der Waals surface area contributed by atoms with Crippen molar-refractivity contribution in [2.45, 2.75) is 18.4 Å². The summed E-state index contributed by atoms with van der Waals surface area (Å²) in [5.74, 6) is -0.462. The van der Waals surface area contributed by atoms with E-state index in [1.807, 2.05) is 0 Å². The van der Waals surface area contributed by atoms with Crippen molar-refractivity contribution in [1.29, 1.82) is 0 Å². The molecule has 6 nitrogen and oxygen atoms in total. The van der Waals surface area contributed by atoms with Crippen LogP contribution in [0, 0.1) is 0 Å². The predicted molar refractivity (Wildman–Crippen MR) is 65.2 cm³/mol. The molecule has 0 aromatic carbocycles. The number of ether oxygens (including phenoxy) is 1. The van der Waals surface area contributed by atoms with E-state index in [9.17, 15) is 9.90 Å².